The van der Waals surface area contributed by atoms with Gasteiger partial charge in [-0.15, -0.1) is 0 Å². The Morgan fingerprint density at radius 3 is 2.87 bits per heavy atom. The summed E-state index contributed by atoms with van der Waals surface area (Å²) in [4.78, 5) is 2.51. The average Bonchev–Trinajstić information content (AvgIpc) is 2.91. The van der Waals surface area contributed by atoms with Crippen molar-refractivity contribution in [3.05, 3.63) is 0 Å². The SMILES string of the molecule is O[C@H]1CCN(CC2CC2)C[C@@]12CCCO2. The minimum Gasteiger partial charge on any atom is -0.390 e. The van der Waals surface area contributed by atoms with Crippen molar-refractivity contribution in [2.24, 2.45) is 5.92 Å². The van der Waals surface area contributed by atoms with Gasteiger partial charge in [0.2, 0.25) is 0 Å². The van der Waals surface area contributed by atoms with E-state index in [1.54, 1.807) is 0 Å². The lowest BCUT2D eigenvalue weighted by Gasteiger charge is -2.43. The lowest BCUT2D eigenvalue weighted by atomic mass is 9.87. The Morgan fingerprint density at radius 1 is 1.33 bits per heavy atom. The van der Waals surface area contributed by atoms with Crippen LogP contribution in [0.15, 0.2) is 0 Å². The molecule has 3 nitrogen and oxygen atoms in total. The van der Waals surface area contributed by atoms with E-state index in [1.807, 2.05) is 0 Å². The zero-order valence-electron chi connectivity index (χ0n) is 9.32. The average molecular weight is 211 g/mol. The van der Waals surface area contributed by atoms with Gasteiger partial charge in [-0.3, -0.25) is 4.90 Å². The second kappa shape index (κ2) is 3.72. The monoisotopic (exact) mass is 211 g/mol. The summed E-state index contributed by atoms with van der Waals surface area (Å²) in [5.41, 5.74) is -0.201. The first kappa shape index (κ1) is 10.1. The summed E-state index contributed by atoms with van der Waals surface area (Å²) in [6.45, 7) is 4.10. The van der Waals surface area contributed by atoms with Gasteiger partial charge in [-0.2, -0.15) is 0 Å². The van der Waals surface area contributed by atoms with Crippen LogP contribution in [-0.2, 0) is 4.74 Å². The van der Waals surface area contributed by atoms with Crippen LogP contribution in [0.1, 0.15) is 32.1 Å². The lowest BCUT2D eigenvalue weighted by molar-refractivity contribution is -0.131. The summed E-state index contributed by atoms with van der Waals surface area (Å²) >= 11 is 0. The molecule has 2 atom stereocenters. The van der Waals surface area contributed by atoms with Crippen LogP contribution >= 0.6 is 0 Å². The van der Waals surface area contributed by atoms with Crippen LogP contribution in [0.2, 0.25) is 0 Å². The Bertz CT molecular complexity index is 234. The molecule has 0 bridgehead atoms. The van der Waals surface area contributed by atoms with Gasteiger partial charge in [0.1, 0.15) is 5.60 Å². The number of rotatable bonds is 2. The van der Waals surface area contributed by atoms with Crippen molar-refractivity contribution in [1.29, 1.82) is 0 Å². The Balaban J connectivity index is 1.64. The van der Waals surface area contributed by atoms with Crippen molar-refractivity contribution in [1.82, 2.24) is 4.90 Å². The van der Waals surface area contributed by atoms with Crippen LogP contribution in [-0.4, -0.2) is 48.0 Å². The van der Waals surface area contributed by atoms with E-state index in [2.05, 4.69) is 4.90 Å². The number of hydrogen-bond acceptors (Lipinski definition) is 3. The molecule has 0 aromatic carbocycles. The molecule has 2 saturated heterocycles. The molecule has 86 valence electrons. The summed E-state index contributed by atoms with van der Waals surface area (Å²) in [6, 6.07) is 0. The van der Waals surface area contributed by atoms with Gasteiger partial charge in [0.25, 0.3) is 0 Å². The van der Waals surface area contributed by atoms with Crippen molar-refractivity contribution >= 4 is 0 Å². The maximum absolute atomic E-state index is 10.1. The van der Waals surface area contributed by atoms with Gasteiger partial charge in [-0.25, -0.2) is 0 Å². The molecule has 0 amide bonds. The quantitative estimate of drug-likeness (QED) is 0.740. The maximum atomic E-state index is 10.1. The number of aliphatic hydroxyl groups is 1. The molecule has 0 aromatic rings. The van der Waals surface area contributed by atoms with Gasteiger partial charge in [0, 0.05) is 26.2 Å². The Morgan fingerprint density at radius 2 is 2.20 bits per heavy atom. The highest BCUT2D eigenvalue weighted by Crippen LogP contribution is 2.37. The molecule has 1 spiro atoms. The van der Waals surface area contributed by atoms with Crippen LogP contribution < -0.4 is 0 Å². The van der Waals surface area contributed by atoms with Crippen LogP contribution in [0.3, 0.4) is 0 Å². The van der Waals surface area contributed by atoms with E-state index in [0.29, 0.717) is 0 Å². The summed E-state index contributed by atoms with van der Waals surface area (Å²) < 4.78 is 5.83. The first-order chi connectivity index (χ1) is 7.28. The molecular formula is C12H21NO2. The fourth-order valence-electron chi connectivity index (χ4n) is 3.06. The third-order valence-electron chi connectivity index (χ3n) is 4.16. The van der Waals surface area contributed by atoms with Crippen molar-refractivity contribution in [3.8, 4) is 0 Å². The van der Waals surface area contributed by atoms with E-state index in [-0.39, 0.29) is 11.7 Å². The molecule has 0 unspecified atom stereocenters. The number of ether oxygens (including phenoxy) is 1. The smallest absolute Gasteiger partial charge is 0.107 e. The molecule has 3 fully saturated rings. The zero-order chi connectivity index (χ0) is 10.3. The molecule has 1 N–H and O–H groups in total. The molecule has 3 rings (SSSR count). The first-order valence-electron chi connectivity index (χ1n) is 6.33. The van der Waals surface area contributed by atoms with E-state index >= 15 is 0 Å². The predicted octanol–water partition coefficient (Wildman–Crippen LogP) is 1.01. The maximum Gasteiger partial charge on any atom is 0.107 e. The van der Waals surface area contributed by atoms with Crippen molar-refractivity contribution in [3.63, 3.8) is 0 Å². The predicted molar refractivity (Wildman–Crippen MR) is 57.7 cm³/mol. The van der Waals surface area contributed by atoms with Crippen LogP contribution in [0.4, 0.5) is 0 Å². The largest absolute Gasteiger partial charge is 0.390 e. The highest BCUT2D eigenvalue weighted by molar-refractivity contribution is 4.99. The standard InChI is InChI=1S/C12H21NO2/c14-11-4-6-13(8-10-2-3-10)9-12(11)5-1-7-15-12/h10-11,14H,1-9H2/t11-,12-/m0/s1. The first-order valence-corrected chi connectivity index (χ1v) is 6.33. The second-order valence-corrected chi connectivity index (χ2v) is 5.50. The minimum atomic E-state index is -0.226. The Labute approximate surface area is 91.4 Å². The van der Waals surface area contributed by atoms with E-state index < -0.39 is 0 Å². The number of nitrogens with zero attached hydrogens (tertiary/aromatic N) is 1. The second-order valence-electron chi connectivity index (χ2n) is 5.50. The number of piperidine rings is 1. The van der Waals surface area contributed by atoms with Crippen molar-refractivity contribution < 1.29 is 9.84 Å². The molecule has 0 radical (unpaired) electrons. The van der Waals surface area contributed by atoms with Gasteiger partial charge in [0.05, 0.1) is 6.10 Å². The Hall–Kier alpha value is -0.120. The molecule has 0 aromatic heterocycles. The summed E-state index contributed by atoms with van der Waals surface area (Å²) in [5.74, 6) is 0.943. The van der Waals surface area contributed by atoms with E-state index in [1.165, 1.54) is 19.4 Å². The molecule has 2 heterocycles. The summed E-state index contributed by atoms with van der Waals surface area (Å²) in [7, 11) is 0. The number of likely N-dealkylation sites (tertiary alicyclic amines) is 1. The highest BCUT2D eigenvalue weighted by atomic mass is 16.5. The topological polar surface area (TPSA) is 32.7 Å². The molecule has 2 aliphatic heterocycles. The van der Waals surface area contributed by atoms with Crippen LogP contribution in [0.25, 0.3) is 0 Å². The molecule has 3 aliphatic rings. The highest BCUT2D eigenvalue weighted by Gasteiger charge is 2.46. The molecule has 1 aliphatic carbocycles. The number of hydrogen-bond donors (Lipinski definition) is 1. The van der Waals surface area contributed by atoms with Gasteiger partial charge in [0.15, 0.2) is 0 Å². The van der Waals surface area contributed by atoms with Gasteiger partial charge in [-0.05, 0) is 38.0 Å². The molecule has 15 heavy (non-hydrogen) atoms. The van der Waals surface area contributed by atoms with Gasteiger partial charge < -0.3 is 9.84 Å². The van der Waals surface area contributed by atoms with Crippen LogP contribution in [0.5, 0.6) is 0 Å². The fraction of sp³-hybridized carbons (Fsp3) is 1.00. The fourth-order valence-corrected chi connectivity index (χ4v) is 3.06. The normalized spacial score (nSPS) is 42.6. The van der Waals surface area contributed by atoms with E-state index in [9.17, 15) is 5.11 Å². The van der Waals surface area contributed by atoms with Crippen LogP contribution in [0, 0.1) is 5.92 Å². The van der Waals surface area contributed by atoms with Crippen molar-refractivity contribution in [2.45, 2.75) is 43.8 Å². The third-order valence-corrected chi connectivity index (χ3v) is 4.16. The minimum absolute atomic E-state index is 0.201. The molecule has 3 heteroatoms. The third kappa shape index (κ3) is 1.93. The lowest BCUT2D eigenvalue weighted by Crippen LogP contribution is -2.56. The number of aliphatic hydroxyl groups excluding tert-OH is 1. The van der Waals surface area contributed by atoms with E-state index in [4.69, 9.17) is 4.74 Å². The summed E-state index contributed by atoms with van der Waals surface area (Å²) in [5, 5.41) is 10.1. The van der Waals surface area contributed by atoms with E-state index in [0.717, 1.165) is 44.9 Å². The Kier molecular flexibility index (Phi) is 2.49. The molecule has 1 saturated carbocycles. The van der Waals surface area contributed by atoms with Gasteiger partial charge in [-0.1, -0.05) is 0 Å². The van der Waals surface area contributed by atoms with Crippen molar-refractivity contribution in [2.75, 3.05) is 26.2 Å². The zero-order valence-corrected chi connectivity index (χ0v) is 9.32. The summed E-state index contributed by atoms with van der Waals surface area (Å²) in [6.07, 6.45) is 5.66. The molecular weight excluding hydrogens is 190 g/mol. The van der Waals surface area contributed by atoms with Gasteiger partial charge >= 0.3 is 0 Å².